The van der Waals surface area contributed by atoms with Crippen LogP contribution in [0.25, 0.3) is 0 Å². The van der Waals surface area contributed by atoms with Gasteiger partial charge < -0.3 is 9.67 Å². The Morgan fingerprint density at radius 1 is 1.60 bits per heavy atom. The summed E-state index contributed by atoms with van der Waals surface area (Å²) in [4.78, 5) is 5.26. The highest BCUT2D eigenvalue weighted by molar-refractivity contribution is 7.09. The van der Waals surface area contributed by atoms with E-state index in [-0.39, 0.29) is 6.10 Å². The minimum atomic E-state index is -0.340. The van der Waals surface area contributed by atoms with Gasteiger partial charge in [0, 0.05) is 23.5 Å². The van der Waals surface area contributed by atoms with Crippen LogP contribution in [-0.4, -0.2) is 14.7 Å². The fourth-order valence-corrected chi connectivity index (χ4v) is 2.09. The molecule has 80 valence electrons. The summed E-state index contributed by atoms with van der Waals surface area (Å²) < 4.78 is 2.07. The first-order valence-corrected chi connectivity index (χ1v) is 5.88. The van der Waals surface area contributed by atoms with Crippen molar-refractivity contribution < 1.29 is 5.11 Å². The van der Waals surface area contributed by atoms with Crippen molar-refractivity contribution in [3.63, 3.8) is 0 Å². The lowest BCUT2D eigenvalue weighted by Gasteiger charge is -2.03. The van der Waals surface area contributed by atoms with E-state index in [2.05, 4.69) is 9.55 Å². The maximum Gasteiger partial charge on any atom is 0.0802 e. The molecule has 0 bridgehead atoms. The summed E-state index contributed by atoms with van der Waals surface area (Å²) in [6.45, 7) is 2.81. The summed E-state index contributed by atoms with van der Waals surface area (Å²) in [6, 6.07) is 1.97. The predicted molar refractivity (Wildman–Crippen MR) is 60.9 cm³/mol. The highest BCUT2D eigenvalue weighted by Crippen LogP contribution is 2.17. The lowest BCUT2D eigenvalue weighted by atomic mass is 10.1. The molecule has 15 heavy (non-hydrogen) atoms. The van der Waals surface area contributed by atoms with E-state index in [1.165, 1.54) is 4.88 Å². The molecule has 0 spiro atoms. The quantitative estimate of drug-likeness (QED) is 0.862. The lowest BCUT2D eigenvalue weighted by molar-refractivity contribution is 0.173. The van der Waals surface area contributed by atoms with Crippen LogP contribution in [0, 0.1) is 0 Å². The average Bonchev–Trinajstić information content (AvgIpc) is 2.88. The molecule has 1 N–H and O–H groups in total. The van der Waals surface area contributed by atoms with Gasteiger partial charge in [-0.1, -0.05) is 6.92 Å². The Kier molecular flexibility index (Phi) is 3.18. The maximum atomic E-state index is 9.65. The van der Waals surface area contributed by atoms with Gasteiger partial charge in [-0.25, -0.2) is 0 Å². The summed E-state index contributed by atoms with van der Waals surface area (Å²) in [5.74, 6) is 0. The molecule has 0 amide bonds. The molecule has 2 heterocycles. The van der Waals surface area contributed by atoms with Gasteiger partial charge in [0.1, 0.15) is 0 Å². The minimum Gasteiger partial charge on any atom is -0.388 e. The number of nitrogens with zero attached hydrogens (tertiary/aromatic N) is 2. The third-order valence-electron chi connectivity index (χ3n) is 2.37. The predicted octanol–water partition coefficient (Wildman–Crippen LogP) is 2.44. The second kappa shape index (κ2) is 4.59. The van der Waals surface area contributed by atoms with Crippen molar-refractivity contribution in [2.45, 2.75) is 26.0 Å². The van der Waals surface area contributed by atoms with Gasteiger partial charge in [0.15, 0.2) is 0 Å². The molecule has 4 heteroatoms. The van der Waals surface area contributed by atoms with E-state index in [1.807, 2.05) is 37.1 Å². The van der Waals surface area contributed by atoms with Crippen molar-refractivity contribution >= 4 is 11.3 Å². The maximum absolute atomic E-state index is 9.65. The summed E-state index contributed by atoms with van der Waals surface area (Å²) in [5.41, 5.74) is 2.82. The van der Waals surface area contributed by atoms with E-state index in [9.17, 15) is 5.11 Å². The SMILES string of the molecule is CCC(O)c1ccn(Cc2cncs2)c1. The molecule has 0 radical (unpaired) electrons. The van der Waals surface area contributed by atoms with E-state index in [4.69, 9.17) is 0 Å². The molecule has 0 fully saturated rings. The number of aliphatic hydroxyl groups excluding tert-OH is 1. The molecule has 0 aromatic carbocycles. The molecule has 0 aliphatic heterocycles. The second-order valence-electron chi connectivity index (χ2n) is 3.51. The van der Waals surface area contributed by atoms with Gasteiger partial charge in [-0.2, -0.15) is 0 Å². The Morgan fingerprint density at radius 2 is 2.47 bits per heavy atom. The molecule has 2 rings (SSSR count). The fourth-order valence-electron chi connectivity index (χ4n) is 1.49. The Labute approximate surface area is 93.0 Å². The summed E-state index contributed by atoms with van der Waals surface area (Å²) in [6.07, 6.45) is 6.28. The first kappa shape index (κ1) is 10.4. The third kappa shape index (κ3) is 2.46. The van der Waals surface area contributed by atoms with Gasteiger partial charge in [0.25, 0.3) is 0 Å². The zero-order chi connectivity index (χ0) is 10.7. The van der Waals surface area contributed by atoms with E-state index in [0.29, 0.717) is 0 Å². The standard InChI is InChI=1S/C11H14N2OS/c1-2-11(14)9-3-4-13(6-9)7-10-5-12-8-15-10/h3-6,8,11,14H,2,7H2,1H3. The molecule has 2 aromatic rings. The average molecular weight is 222 g/mol. The van der Waals surface area contributed by atoms with Crippen LogP contribution in [0.2, 0.25) is 0 Å². The Morgan fingerprint density at radius 3 is 3.13 bits per heavy atom. The number of aliphatic hydroxyl groups is 1. The first-order valence-electron chi connectivity index (χ1n) is 5.00. The molecule has 2 aromatic heterocycles. The van der Waals surface area contributed by atoms with Gasteiger partial charge in [-0.05, 0) is 18.1 Å². The monoisotopic (exact) mass is 222 g/mol. The zero-order valence-electron chi connectivity index (χ0n) is 8.63. The minimum absolute atomic E-state index is 0.340. The number of thiazole rings is 1. The van der Waals surface area contributed by atoms with Crippen molar-refractivity contribution in [2.24, 2.45) is 0 Å². The number of aromatic nitrogens is 2. The van der Waals surface area contributed by atoms with Crippen molar-refractivity contribution in [2.75, 3.05) is 0 Å². The van der Waals surface area contributed by atoms with Gasteiger partial charge in [0.2, 0.25) is 0 Å². The molecule has 1 atom stereocenters. The third-order valence-corrected chi connectivity index (χ3v) is 3.13. The molecule has 0 aliphatic carbocycles. The molecular formula is C11H14N2OS. The van der Waals surface area contributed by atoms with Crippen LogP contribution >= 0.6 is 11.3 Å². The topological polar surface area (TPSA) is 38.0 Å². The van der Waals surface area contributed by atoms with E-state index in [1.54, 1.807) is 11.3 Å². The highest BCUT2D eigenvalue weighted by atomic mass is 32.1. The van der Waals surface area contributed by atoms with Gasteiger partial charge >= 0.3 is 0 Å². The van der Waals surface area contributed by atoms with Crippen LogP contribution in [-0.2, 0) is 6.54 Å². The van der Waals surface area contributed by atoms with Gasteiger partial charge in [-0.3, -0.25) is 4.98 Å². The largest absolute Gasteiger partial charge is 0.388 e. The highest BCUT2D eigenvalue weighted by Gasteiger charge is 2.06. The summed E-state index contributed by atoms with van der Waals surface area (Å²) >= 11 is 1.65. The fraction of sp³-hybridized carbons (Fsp3) is 0.364. The van der Waals surface area contributed by atoms with Crippen LogP contribution in [0.1, 0.15) is 29.9 Å². The number of hydrogen-bond donors (Lipinski definition) is 1. The van der Waals surface area contributed by atoms with Crippen LogP contribution in [0.5, 0.6) is 0 Å². The van der Waals surface area contributed by atoms with E-state index in [0.717, 1.165) is 18.5 Å². The summed E-state index contributed by atoms with van der Waals surface area (Å²) in [7, 11) is 0. The first-order chi connectivity index (χ1) is 7.29. The Bertz CT molecular complexity index is 408. The van der Waals surface area contributed by atoms with Crippen LogP contribution in [0.3, 0.4) is 0 Å². The normalized spacial score (nSPS) is 12.9. The zero-order valence-corrected chi connectivity index (χ0v) is 9.44. The van der Waals surface area contributed by atoms with Crippen molar-refractivity contribution in [1.29, 1.82) is 0 Å². The molecule has 1 unspecified atom stereocenters. The van der Waals surface area contributed by atoms with E-state index >= 15 is 0 Å². The molecular weight excluding hydrogens is 208 g/mol. The van der Waals surface area contributed by atoms with Gasteiger partial charge in [0.05, 0.1) is 18.2 Å². The second-order valence-corrected chi connectivity index (χ2v) is 4.48. The van der Waals surface area contributed by atoms with Crippen molar-refractivity contribution in [1.82, 2.24) is 9.55 Å². The molecule has 0 aliphatic rings. The van der Waals surface area contributed by atoms with E-state index < -0.39 is 0 Å². The van der Waals surface area contributed by atoms with Crippen LogP contribution < -0.4 is 0 Å². The Balaban J connectivity index is 2.07. The number of hydrogen-bond acceptors (Lipinski definition) is 3. The molecule has 0 saturated carbocycles. The van der Waals surface area contributed by atoms with Crippen molar-refractivity contribution in [3.8, 4) is 0 Å². The van der Waals surface area contributed by atoms with Crippen molar-refractivity contribution in [3.05, 3.63) is 40.6 Å². The van der Waals surface area contributed by atoms with Gasteiger partial charge in [-0.15, -0.1) is 11.3 Å². The molecule has 3 nitrogen and oxygen atoms in total. The van der Waals surface area contributed by atoms with Crippen LogP contribution in [0.4, 0.5) is 0 Å². The lowest BCUT2D eigenvalue weighted by Crippen LogP contribution is -1.96. The smallest absolute Gasteiger partial charge is 0.0802 e. The summed E-state index contributed by atoms with van der Waals surface area (Å²) in [5, 5.41) is 9.65. The van der Waals surface area contributed by atoms with Crippen LogP contribution in [0.15, 0.2) is 30.2 Å². The number of rotatable bonds is 4. The Hall–Kier alpha value is -1.13. The molecule has 0 saturated heterocycles.